The van der Waals surface area contributed by atoms with Gasteiger partial charge in [-0.05, 0) is 43.3 Å². The Morgan fingerprint density at radius 3 is 2.71 bits per heavy atom. The zero-order chi connectivity index (χ0) is 16.7. The van der Waals surface area contributed by atoms with Crippen molar-refractivity contribution in [3.05, 3.63) is 35.9 Å². The van der Waals surface area contributed by atoms with Crippen LogP contribution in [0.4, 0.5) is 0 Å². The van der Waals surface area contributed by atoms with E-state index in [0.29, 0.717) is 17.9 Å². The lowest BCUT2D eigenvalue weighted by molar-refractivity contribution is -0.0957. The van der Waals surface area contributed by atoms with E-state index in [1.165, 1.54) is 37.9 Å². The standard InChI is InChI=1S/C20H31NO3/c1-22-16-19-17-23-13-9-20(19)7-10-21(11-8-20)12-14-24-15-18-5-3-2-4-6-18/h2-6,19H,7-17H2,1H3/t19-/m0/s1. The topological polar surface area (TPSA) is 30.9 Å². The van der Waals surface area contributed by atoms with E-state index in [0.717, 1.165) is 33.0 Å². The van der Waals surface area contributed by atoms with Gasteiger partial charge in [-0.1, -0.05) is 30.3 Å². The first-order chi connectivity index (χ1) is 11.8. The molecule has 4 heteroatoms. The number of nitrogens with zero attached hydrogens (tertiary/aromatic N) is 1. The Kier molecular flexibility index (Phi) is 6.67. The molecule has 2 aliphatic heterocycles. The van der Waals surface area contributed by atoms with Crippen molar-refractivity contribution in [2.24, 2.45) is 11.3 Å². The Balaban J connectivity index is 1.38. The van der Waals surface area contributed by atoms with Crippen LogP contribution < -0.4 is 0 Å². The van der Waals surface area contributed by atoms with Crippen LogP contribution in [0.1, 0.15) is 24.8 Å². The second kappa shape index (κ2) is 8.95. The molecule has 1 atom stereocenters. The molecule has 1 aromatic rings. The van der Waals surface area contributed by atoms with Gasteiger partial charge in [0.25, 0.3) is 0 Å². The van der Waals surface area contributed by atoms with E-state index in [1.807, 2.05) is 13.2 Å². The molecule has 0 bridgehead atoms. The zero-order valence-corrected chi connectivity index (χ0v) is 14.9. The second-order valence-electron chi connectivity index (χ2n) is 7.22. The van der Waals surface area contributed by atoms with Crippen LogP contribution in [0.25, 0.3) is 0 Å². The van der Waals surface area contributed by atoms with Crippen LogP contribution in [0.2, 0.25) is 0 Å². The Labute approximate surface area is 146 Å². The van der Waals surface area contributed by atoms with E-state index in [2.05, 4.69) is 29.2 Å². The van der Waals surface area contributed by atoms with Gasteiger partial charge in [0.15, 0.2) is 0 Å². The molecular formula is C20H31NO3. The number of hydrogen-bond acceptors (Lipinski definition) is 4. The lowest BCUT2D eigenvalue weighted by atomic mass is 9.66. The minimum absolute atomic E-state index is 0.440. The Hall–Kier alpha value is -0.940. The molecule has 0 unspecified atom stereocenters. The predicted octanol–water partition coefficient (Wildman–Crippen LogP) is 2.97. The number of methoxy groups -OCH3 is 1. The van der Waals surface area contributed by atoms with Gasteiger partial charge in [-0.15, -0.1) is 0 Å². The van der Waals surface area contributed by atoms with Crippen LogP contribution in [0.3, 0.4) is 0 Å². The maximum Gasteiger partial charge on any atom is 0.0717 e. The molecule has 2 saturated heterocycles. The molecule has 0 N–H and O–H groups in total. The summed E-state index contributed by atoms with van der Waals surface area (Å²) < 4.78 is 17.0. The van der Waals surface area contributed by atoms with Crippen molar-refractivity contribution in [2.75, 3.05) is 53.2 Å². The Morgan fingerprint density at radius 1 is 1.17 bits per heavy atom. The minimum atomic E-state index is 0.440. The van der Waals surface area contributed by atoms with Gasteiger partial charge >= 0.3 is 0 Å². The summed E-state index contributed by atoms with van der Waals surface area (Å²) in [5.74, 6) is 0.563. The lowest BCUT2D eigenvalue weighted by Crippen LogP contribution is -2.49. The summed E-state index contributed by atoms with van der Waals surface area (Å²) in [7, 11) is 1.81. The van der Waals surface area contributed by atoms with E-state index < -0.39 is 0 Å². The average molecular weight is 333 g/mol. The van der Waals surface area contributed by atoms with E-state index in [-0.39, 0.29) is 0 Å². The highest BCUT2D eigenvalue weighted by Crippen LogP contribution is 2.44. The molecule has 0 amide bonds. The summed E-state index contributed by atoms with van der Waals surface area (Å²) in [5, 5.41) is 0. The van der Waals surface area contributed by atoms with E-state index in [9.17, 15) is 0 Å². The summed E-state index contributed by atoms with van der Waals surface area (Å²) in [6.07, 6.45) is 3.73. The summed E-state index contributed by atoms with van der Waals surface area (Å²) in [6.45, 7) is 7.53. The summed E-state index contributed by atoms with van der Waals surface area (Å²) in [6, 6.07) is 10.4. The smallest absolute Gasteiger partial charge is 0.0717 e. The summed E-state index contributed by atoms with van der Waals surface area (Å²) in [4.78, 5) is 2.55. The number of likely N-dealkylation sites (tertiary alicyclic amines) is 1. The third-order valence-electron chi connectivity index (χ3n) is 5.81. The molecule has 1 aromatic carbocycles. The highest BCUT2D eigenvalue weighted by atomic mass is 16.5. The summed E-state index contributed by atoms with van der Waals surface area (Å²) >= 11 is 0. The molecule has 134 valence electrons. The van der Waals surface area contributed by atoms with E-state index >= 15 is 0 Å². The average Bonchev–Trinajstić information content (AvgIpc) is 2.63. The Bertz CT molecular complexity index is 469. The van der Waals surface area contributed by atoms with Gasteiger partial charge in [-0.25, -0.2) is 0 Å². The van der Waals surface area contributed by atoms with Gasteiger partial charge in [0.2, 0.25) is 0 Å². The molecule has 0 radical (unpaired) electrons. The number of hydrogen-bond donors (Lipinski definition) is 0. The number of ether oxygens (including phenoxy) is 3. The molecule has 0 saturated carbocycles. The monoisotopic (exact) mass is 333 g/mol. The van der Waals surface area contributed by atoms with Crippen molar-refractivity contribution in [3.63, 3.8) is 0 Å². The first-order valence-electron chi connectivity index (χ1n) is 9.23. The molecule has 24 heavy (non-hydrogen) atoms. The second-order valence-corrected chi connectivity index (χ2v) is 7.22. The first-order valence-corrected chi connectivity index (χ1v) is 9.23. The van der Waals surface area contributed by atoms with Crippen molar-refractivity contribution in [1.29, 1.82) is 0 Å². The highest BCUT2D eigenvalue weighted by molar-refractivity contribution is 5.13. The SMILES string of the molecule is COC[C@H]1COCCC12CCN(CCOCc1ccccc1)CC2. The third kappa shape index (κ3) is 4.57. The molecule has 2 fully saturated rings. The molecule has 4 nitrogen and oxygen atoms in total. The maximum absolute atomic E-state index is 5.84. The van der Waals surface area contributed by atoms with Gasteiger partial charge in [0, 0.05) is 26.2 Å². The molecular weight excluding hydrogens is 302 g/mol. The van der Waals surface area contributed by atoms with Crippen LogP contribution in [0.15, 0.2) is 30.3 Å². The van der Waals surface area contributed by atoms with E-state index in [1.54, 1.807) is 0 Å². The fourth-order valence-electron chi connectivity index (χ4n) is 4.15. The molecule has 0 aromatic heterocycles. The van der Waals surface area contributed by atoms with Crippen molar-refractivity contribution < 1.29 is 14.2 Å². The maximum atomic E-state index is 5.84. The number of benzene rings is 1. The van der Waals surface area contributed by atoms with Crippen LogP contribution >= 0.6 is 0 Å². The van der Waals surface area contributed by atoms with Gasteiger partial charge in [-0.2, -0.15) is 0 Å². The van der Waals surface area contributed by atoms with Crippen LogP contribution in [0, 0.1) is 11.3 Å². The molecule has 1 spiro atoms. The van der Waals surface area contributed by atoms with Crippen molar-refractivity contribution >= 4 is 0 Å². The van der Waals surface area contributed by atoms with Crippen molar-refractivity contribution in [3.8, 4) is 0 Å². The van der Waals surface area contributed by atoms with E-state index in [4.69, 9.17) is 14.2 Å². The van der Waals surface area contributed by atoms with Crippen LogP contribution in [0.5, 0.6) is 0 Å². The van der Waals surface area contributed by atoms with Crippen molar-refractivity contribution in [2.45, 2.75) is 25.9 Å². The highest BCUT2D eigenvalue weighted by Gasteiger charge is 2.43. The number of piperidine rings is 1. The summed E-state index contributed by atoms with van der Waals surface area (Å²) in [5.41, 5.74) is 1.69. The van der Waals surface area contributed by atoms with Gasteiger partial charge in [0.05, 0.1) is 26.4 Å². The van der Waals surface area contributed by atoms with Gasteiger partial charge < -0.3 is 19.1 Å². The largest absolute Gasteiger partial charge is 0.384 e. The third-order valence-corrected chi connectivity index (χ3v) is 5.81. The minimum Gasteiger partial charge on any atom is -0.384 e. The fourth-order valence-corrected chi connectivity index (χ4v) is 4.15. The normalized spacial score (nSPS) is 24.3. The molecule has 2 heterocycles. The first kappa shape index (κ1) is 17.9. The van der Waals surface area contributed by atoms with Gasteiger partial charge in [0.1, 0.15) is 0 Å². The molecule has 0 aliphatic carbocycles. The quantitative estimate of drug-likeness (QED) is 0.718. The Morgan fingerprint density at radius 2 is 1.96 bits per heavy atom. The molecule has 2 aliphatic rings. The predicted molar refractivity (Wildman–Crippen MR) is 95.0 cm³/mol. The number of rotatable bonds is 7. The van der Waals surface area contributed by atoms with Crippen molar-refractivity contribution in [1.82, 2.24) is 4.90 Å². The van der Waals surface area contributed by atoms with Crippen LogP contribution in [-0.2, 0) is 20.8 Å². The lowest BCUT2D eigenvalue weighted by Gasteiger charge is -2.49. The zero-order valence-electron chi connectivity index (χ0n) is 14.9. The molecule has 3 rings (SSSR count). The van der Waals surface area contributed by atoms with Crippen LogP contribution in [-0.4, -0.2) is 58.1 Å². The fraction of sp³-hybridized carbons (Fsp3) is 0.700. The van der Waals surface area contributed by atoms with Gasteiger partial charge in [-0.3, -0.25) is 0 Å².